The van der Waals surface area contributed by atoms with Crippen LogP contribution in [0.15, 0.2) is 35.3 Å². The second-order valence-corrected chi connectivity index (χ2v) is 5.99. The van der Waals surface area contributed by atoms with Crippen molar-refractivity contribution in [2.75, 3.05) is 0 Å². The van der Waals surface area contributed by atoms with Crippen LogP contribution in [-0.4, -0.2) is 15.7 Å². The molecule has 0 aliphatic rings. The zero-order valence-corrected chi connectivity index (χ0v) is 14.4. The summed E-state index contributed by atoms with van der Waals surface area (Å²) in [7, 11) is 0. The SMILES string of the molecule is CC[C@@H](NC(=O)Cn1ncc(Cl)c(Cl)c1=O)c1ccc(C)cc1. The molecule has 0 radical (unpaired) electrons. The second kappa shape index (κ2) is 7.62. The number of carbonyl (C=O) groups excluding carboxylic acids is 1. The van der Waals surface area contributed by atoms with Crippen molar-refractivity contribution in [1.82, 2.24) is 15.1 Å². The molecule has 5 nitrogen and oxygen atoms in total. The lowest BCUT2D eigenvalue weighted by Crippen LogP contribution is -2.35. The molecule has 0 fully saturated rings. The molecule has 0 saturated carbocycles. The predicted molar refractivity (Wildman–Crippen MR) is 90.9 cm³/mol. The van der Waals surface area contributed by atoms with E-state index in [1.807, 2.05) is 38.1 Å². The lowest BCUT2D eigenvalue weighted by Gasteiger charge is -2.18. The van der Waals surface area contributed by atoms with Crippen molar-refractivity contribution < 1.29 is 4.79 Å². The van der Waals surface area contributed by atoms with Gasteiger partial charge in [0.2, 0.25) is 5.91 Å². The van der Waals surface area contributed by atoms with Gasteiger partial charge in [-0.3, -0.25) is 9.59 Å². The summed E-state index contributed by atoms with van der Waals surface area (Å²) in [4.78, 5) is 24.1. The van der Waals surface area contributed by atoms with Gasteiger partial charge in [0, 0.05) is 0 Å². The molecule has 1 N–H and O–H groups in total. The zero-order chi connectivity index (χ0) is 17.0. The first kappa shape index (κ1) is 17.5. The van der Waals surface area contributed by atoms with Crippen LogP contribution >= 0.6 is 23.2 Å². The number of halogens is 2. The zero-order valence-electron chi connectivity index (χ0n) is 12.8. The van der Waals surface area contributed by atoms with Crippen molar-refractivity contribution in [3.05, 3.63) is 62.0 Å². The van der Waals surface area contributed by atoms with E-state index < -0.39 is 5.56 Å². The van der Waals surface area contributed by atoms with E-state index in [1.165, 1.54) is 6.20 Å². The van der Waals surface area contributed by atoms with Crippen LogP contribution in [-0.2, 0) is 11.3 Å². The van der Waals surface area contributed by atoms with Gasteiger partial charge < -0.3 is 5.32 Å². The maximum absolute atomic E-state index is 12.2. The van der Waals surface area contributed by atoms with Gasteiger partial charge in [-0.2, -0.15) is 5.10 Å². The van der Waals surface area contributed by atoms with E-state index in [9.17, 15) is 9.59 Å². The molecular formula is C16H17Cl2N3O2. The predicted octanol–water partition coefficient (Wildman–Crippen LogP) is 3.13. The number of aromatic nitrogens is 2. The van der Waals surface area contributed by atoms with Gasteiger partial charge in [-0.25, -0.2) is 4.68 Å². The summed E-state index contributed by atoms with van der Waals surface area (Å²) >= 11 is 11.5. The number of benzene rings is 1. The molecule has 0 aliphatic heterocycles. The fraction of sp³-hybridized carbons (Fsp3) is 0.312. The lowest BCUT2D eigenvalue weighted by atomic mass is 10.0. The molecule has 1 heterocycles. The molecule has 7 heteroatoms. The maximum Gasteiger partial charge on any atom is 0.287 e. The Hall–Kier alpha value is -1.85. The number of nitrogens with zero attached hydrogens (tertiary/aromatic N) is 2. The fourth-order valence-corrected chi connectivity index (χ4v) is 2.42. The van der Waals surface area contributed by atoms with Crippen molar-refractivity contribution in [1.29, 1.82) is 0 Å². The first-order valence-electron chi connectivity index (χ1n) is 7.19. The van der Waals surface area contributed by atoms with Gasteiger partial charge in [-0.15, -0.1) is 0 Å². The highest BCUT2D eigenvalue weighted by Crippen LogP contribution is 2.17. The van der Waals surface area contributed by atoms with Crippen LogP contribution in [0, 0.1) is 6.92 Å². The second-order valence-electron chi connectivity index (χ2n) is 5.21. The minimum atomic E-state index is -0.585. The first-order valence-corrected chi connectivity index (χ1v) is 7.95. The van der Waals surface area contributed by atoms with Crippen LogP contribution in [0.1, 0.15) is 30.5 Å². The molecule has 23 heavy (non-hydrogen) atoms. The van der Waals surface area contributed by atoms with Gasteiger partial charge in [0.25, 0.3) is 5.56 Å². The molecule has 1 aromatic heterocycles. The molecule has 1 atom stereocenters. The van der Waals surface area contributed by atoms with E-state index in [-0.39, 0.29) is 28.5 Å². The van der Waals surface area contributed by atoms with E-state index >= 15 is 0 Å². The van der Waals surface area contributed by atoms with Gasteiger partial charge in [0.1, 0.15) is 11.6 Å². The summed E-state index contributed by atoms with van der Waals surface area (Å²) in [6, 6.07) is 7.83. The average Bonchev–Trinajstić information content (AvgIpc) is 2.54. The third kappa shape index (κ3) is 4.33. The van der Waals surface area contributed by atoms with Crippen LogP contribution in [0.2, 0.25) is 10.0 Å². The van der Waals surface area contributed by atoms with Crippen molar-refractivity contribution in [3.63, 3.8) is 0 Å². The van der Waals surface area contributed by atoms with E-state index in [0.29, 0.717) is 0 Å². The molecule has 1 amide bonds. The normalized spacial score (nSPS) is 12.0. The molecule has 122 valence electrons. The van der Waals surface area contributed by atoms with E-state index in [4.69, 9.17) is 23.2 Å². The van der Waals surface area contributed by atoms with Crippen molar-refractivity contribution in [2.24, 2.45) is 0 Å². The summed E-state index contributed by atoms with van der Waals surface area (Å²) in [6.07, 6.45) is 1.98. The highest BCUT2D eigenvalue weighted by molar-refractivity contribution is 6.41. The molecule has 0 aliphatic carbocycles. The summed E-state index contributed by atoms with van der Waals surface area (Å²) in [5.41, 5.74) is 1.58. The van der Waals surface area contributed by atoms with E-state index in [1.54, 1.807) is 0 Å². The standard InChI is InChI=1S/C16H17Cl2N3O2/c1-3-13(11-6-4-10(2)5-7-11)20-14(22)9-21-16(23)15(18)12(17)8-19-21/h4-8,13H,3,9H2,1-2H3,(H,20,22)/t13-/m1/s1. The number of hydrogen-bond donors (Lipinski definition) is 1. The van der Waals surface area contributed by atoms with Gasteiger partial charge in [-0.05, 0) is 18.9 Å². The van der Waals surface area contributed by atoms with Crippen LogP contribution < -0.4 is 10.9 Å². The Morgan fingerprint density at radius 3 is 2.57 bits per heavy atom. The largest absolute Gasteiger partial charge is 0.348 e. The van der Waals surface area contributed by atoms with E-state index in [0.717, 1.165) is 22.2 Å². The number of rotatable bonds is 5. The highest BCUT2D eigenvalue weighted by atomic mass is 35.5. The lowest BCUT2D eigenvalue weighted by molar-refractivity contribution is -0.122. The Morgan fingerprint density at radius 2 is 1.96 bits per heavy atom. The van der Waals surface area contributed by atoms with Gasteiger partial charge >= 0.3 is 0 Å². The van der Waals surface area contributed by atoms with Crippen LogP contribution in [0.4, 0.5) is 0 Å². The Bertz CT molecular complexity index is 757. The van der Waals surface area contributed by atoms with Crippen LogP contribution in [0.25, 0.3) is 0 Å². The number of carbonyl (C=O) groups is 1. The quantitative estimate of drug-likeness (QED) is 0.897. The molecule has 2 aromatic rings. The van der Waals surface area contributed by atoms with Gasteiger partial charge in [0.15, 0.2) is 0 Å². The number of nitrogens with one attached hydrogen (secondary N) is 1. The Morgan fingerprint density at radius 1 is 1.30 bits per heavy atom. The number of aryl methyl sites for hydroxylation is 1. The maximum atomic E-state index is 12.2. The third-order valence-electron chi connectivity index (χ3n) is 3.46. The minimum absolute atomic E-state index is 0.0689. The fourth-order valence-electron chi connectivity index (χ4n) is 2.15. The summed E-state index contributed by atoms with van der Waals surface area (Å²) in [5.74, 6) is -0.314. The first-order chi connectivity index (χ1) is 10.9. The number of amides is 1. The summed E-state index contributed by atoms with van der Waals surface area (Å²) in [5, 5.41) is 6.65. The van der Waals surface area contributed by atoms with Gasteiger partial charge in [0.05, 0.1) is 17.3 Å². The topological polar surface area (TPSA) is 64.0 Å². The Labute approximate surface area is 144 Å². The number of hydrogen-bond acceptors (Lipinski definition) is 3. The van der Waals surface area contributed by atoms with Crippen LogP contribution in [0.3, 0.4) is 0 Å². The molecule has 0 saturated heterocycles. The van der Waals surface area contributed by atoms with Crippen molar-refractivity contribution in [3.8, 4) is 0 Å². The van der Waals surface area contributed by atoms with Crippen molar-refractivity contribution >= 4 is 29.1 Å². The van der Waals surface area contributed by atoms with Crippen molar-refractivity contribution in [2.45, 2.75) is 32.9 Å². The molecule has 1 aromatic carbocycles. The minimum Gasteiger partial charge on any atom is -0.348 e. The summed E-state index contributed by atoms with van der Waals surface area (Å²) in [6.45, 7) is 3.78. The van der Waals surface area contributed by atoms with E-state index in [2.05, 4.69) is 10.4 Å². The Kier molecular flexibility index (Phi) is 5.80. The smallest absolute Gasteiger partial charge is 0.287 e. The van der Waals surface area contributed by atoms with Gasteiger partial charge in [-0.1, -0.05) is 60.0 Å². The third-order valence-corrected chi connectivity index (χ3v) is 4.21. The average molecular weight is 354 g/mol. The molecule has 2 rings (SSSR count). The summed E-state index contributed by atoms with van der Waals surface area (Å²) < 4.78 is 0.991. The molecule has 0 spiro atoms. The highest BCUT2D eigenvalue weighted by Gasteiger charge is 2.15. The van der Waals surface area contributed by atoms with Crippen LogP contribution in [0.5, 0.6) is 0 Å². The molecule has 0 bridgehead atoms. The Balaban J connectivity index is 2.10. The monoisotopic (exact) mass is 353 g/mol. The molecular weight excluding hydrogens is 337 g/mol. The molecule has 0 unspecified atom stereocenters.